The highest BCUT2D eigenvalue weighted by molar-refractivity contribution is 4.90. The molecule has 5 unspecified atom stereocenters. The Kier molecular flexibility index (Phi) is 2.64. The molecule has 0 bridgehead atoms. The van der Waals surface area contributed by atoms with Gasteiger partial charge in [-0.2, -0.15) is 0 Å². The molecule has 2 saturated carbocycles. The molecule has 2 N–H and O–H groups in total. The summed E-state index contributed by atoms with van der Waals surface area (Å²) in [6, 6.07) is 0.495. The molecule has 76 valence electrons. The van der Waals surface area contributed by atoms with Gasteiger partial charge in [0.1, 0.15) is 0 Å². The molecule has 1 heteroatoms. The van der Waals surface area contributed by atoms with E-state index in [0.717, 1.165) is 23.7 Å². The van der Waals surface area contributed by atoms with Crippen molar-refractivity contribution in [3.8, 4) is 0 Å². The van der Waals surface area contributed by atoms with Gasteiger partial charge in [-0.25, -0.2) is 0 Å². The van der Waals surface area contributed by atoms with Crippen molar-refractivity contribution >= 4 is 0 Å². The Labute approximate surface area is 82.1 Å². The van der Waals surface area contributed by atoms with Crippen molar-refractivity contribution in [2.24, 2.45) is 29.4 Å². The van der Waals surface area contributed by atoms with Gasteiger partial charge in [0.15, 0.2) is 0 Å². The molecule has 2 fully saturated rings. The van der Waals surface area contributed by atoms with Crippen LogP contribution in [0.25, 0.3) is 0 Å². The van der Waals surface area contributed by atoms with E-state index in [-0.39, 0.29) is 0 Å². The third-order valence-corrected chi connectivity index (χ3v) is 4.52. The van der Waals surface area contributed by atoms with E-state index in [1.165, 1.54) is 32.1 Å². The van der Waals surface area contributed by atoms with E-state index < -0.39 is 0 Å². The Bertz CT molecular complexity index is 178. The zero-order chi connectivity index (χ0) is 9.42. The molecular formula is C12H23N. The van der Waals surface area contributed by atoms with Crippen LogP contribution in [-0.4, -0.2) is 6.04 Å². The molecule has 0 aromatic carbocycles. The van der Waals surface area contributed by atoms with Gasteiger partial charge in [-0.15, -0.1) is 0 Å². The Balaban J connectivity index is 2.02. The second-order valence-electron chi connectivity index (χ2n) is 5.44. The van der Waals surface area contributed by atoms with Gasteiger partial charge in [0, 0.05) is 6.04 Å². The highest BCUT2D eigenvalue weighted by Gasteiger charge is 2.37. The average Bonchev–Trinajstić information content (AvgIpc) is 2.12. The van der Waals surface area contributed by atoms with E-state index in [9.17, 15) is 0 Å². The molecule has 0 aromatic heterocycles. The predicted octanol–water partition coefficient (Wildman–Crippen LogP) is 2.80. The Morgan fingerprint density at radius 2 is 1.77 bits per heavy atom. The fourth-order valence-corrected chi connectivity index (χ4v) is 3.53. The molecule has 0 saturated heterocycles. The van der Waals surface area contributed by atoms with Crippen LogP contribution in [0.4, 0.5) is 0 Å². The third kappa shape index (κ3) is 1.76. The van der Waals surface area contributed by atoms with Crippen LogP contribution in [0.2, 0.25) is 0 Å². The minimum Gasteiger partial charge on any atom is -0.327 e. The number of nitrogens with two attached hydrogens (primary N) is 1. The second-order valence-corrected chi connectivity index (χ2v) is 5.44. The lowest BCUT2D eigenvalue weighted by molar-refractivity contribution is 0.0751. The maximum atomic E-state index is 6.12. The minimum absolute atomic E-state index is 0.495. The number of fused-ring (bicyclic) bond motifs is 1. The SMILES string of the molecule is CC1CCC2C(CCC(N)C2C)C1. The summed E-state index contributed by atoms with van der Waals surface area (Å²) >= 11 is 0. The summed E-state index contributed by atoms with van der Waals surface area (Å²) in [6.45, 7) is 4.78. The van der Waals surface area contributed by atoms with Crippen LogP contribution >= 0.6 is 0 Å². The van der Waals surface area contributed by atoms with E-state index in [1.807, 2.05) is 0 Å². The summed E-state index contributed by atoms with van der Waals surface area (Å²) < 4.78 is 0. The van der Waals surface area contributed by atoms with Gasteiger partial charge in [-0.1, -0.05) is 20.3 Å². The van der Waals surface area contributed by atoms with E-state index in [1.54, 1.807) is 0 Å². The summed E-state index contributed by atoms with van der Waals surface area (Å²) in [5, 5.41) is 0. The fraction of sp³-hybridized carbons (Fsp3) is 1.00. The molecule has 0 aromatic rings. The second kappa shape index (κ2) is 3.61. The first-order valence-electron chi connectivity index (χ1n) is 5.94. The first kappa shape index (κ1) is 9.51. The van der Waals surface area contributed by atoms with Gasteiger partial charge in [0.25, 0.3) is 0 Å². The summed E-state index contributed by atoms with van der Waals surface area (Å²) in [6.07, 6.45) is 7.04. The first-order valence-corrected chi connectivity index (χ1v) is 5.94. The van der Waals surface area contributed by atoms with E-state index in [2.05, 4.69) is 13.8 Å². The number of hydrogen-bond donors (Lipinski definition) is 1. The van der Waals surface area contributed by atoms with Gasteiger partial charge < -0.3 is 5.73 Å². The van der Waals surface area contributed by atoms with Crippen LogP contribution in [0.15, 0.2) is 0 Å². The lowest BCUT2D eigenvalue weighted by Crippen LogP contribution is -2.43. The quantitative estimate of drug-likeness (QED) is 0.611. The highest BCUT2D eigenvalue weighted by Crippen LogP contribution is 2.44. The number of rotatable bonds is 0. The van der Waals surface area contributed by atoms with Gasteiger partial charge in [0.2, 0.25) is 0 Å². The van der Waals surface area contributed by atoms with E-state index in [4.69, 9.17) is 5.73 Å². The standard InChI is InChI=1S/C12H23N/c1-8-3-5-11-9(2)12(13)6-4-10(11)7-8/h8-12H,3-7,13H2,1-2H3. The summed E-state index contributed by atoms with van der Waals surface area (Å²) in [7, 11) is 0. The molecular weight excluding hydrogens is 158 g/mol. The molecule has 2 rings (SSSR count). The van der Waals surface area contributed by atoms with Crippen LogP contribution in [0.5, 0.6) is 0 Å². The van der Waals surface area contributed by atoms with Crippen molar-refractivity contribution in [3.05, 3.63) is 0 Å². The number of hydrogen-bond acceptors (Lipinski definition) is 1. The molecule has 5 atom stereocenters. The lowest BCUT2D eigenvalue weighted by atomic mass is 9.62. The van der Waals surface area contributed by atoms with Gasteiger partial charge in [0.05, 0.1) is 0 Å². The van der Waals surface area contributed by atoms with E-state index >= 15 is 0 Å². The Morgan fingerprint density at radius 1 is 1.00 bits per heavy atom. The van der Waals surface area contributed by atoms with Crippen LogP contribution in [-0.2, 0) is 0 Å². The van der Waals surface area contributed by atoms with Gasteiger partial charge in [-0.05, 0) is 49.4 Å². The third-order valence-electron chi connectivity index (χ3n) is 4.52. The maximum absolute atomic E-state index is 6.12. The lowest BCUT2D eigenvalue weighted by Gasteiger charge is -2.44. The van der Waals surface area contributed by atoms with Crippen LogP contribution in [0, 0.1) is 23.7 Å². The van der Waals surface area contributed by atoms with Crippen LogP contribution in [0.3, 0.4) is 0 Å². The molecule has 2 aliphatic carbocycles. The van der Waals surface area contributed by atoms with Crippen LogP contribution < -0.4 is 5.73 Å². The molecule has 0 aliphatic heterocycles. The average molecular weight is 181 g/mol. The Hall–Kier alpha value is -0.0400. The Morgan fingerprint density at radius 3 is 2.54 bits per heavy atom. The molecule has 13 heavy (non-hydrogen) atoms. The van der Waals surface area contributed by atoms with E-state index in [0.29, 0.717) is 6.04 Å². The highest BCUT2D eigenvalue weighted by atomic mass is 14.7. The molecule has 0 spiro atoms. The van der Waals surface area contributed by atoms with Crippen molar-refractivity contribution < 1.29 is 0 Å². The molecule has 1 nitrogen and oxygen atoms in total. The van der Waals surface area contributed by atoms with Crippen molar-refractivity contribution in [2.45, 2.75) is 52.0 Å². The molecule has 0 radical (unpaired) electrons. The smallest absolute Gasteiger partial charge is 0.00673 e. The van der Waals surface area contributed by atoms with Crippen molar-refractivity contribution in [1.82, 2.24) is 0 Å². The predicted molar refractivity (Wildman–Crippen MR) is 56.4 cm³/mol. The summed E-state index contributed by atoms with van der Waals surface area (Å²) in [4.78, 5) is 0. The van der Waals surface area contributed by atoms with Gasteiger partial charge >= 0.3 is 0 Å². The zero-order valence-electron chi connectivity index (χ0n) is 9.00. The topological polar surface area (TPSA) is 26.0 Å². The fourth-order valence-electron chi connectivity index (χ4n) is 3.53. The molecule has 0 heterocycles. The van der Waals surface area contributed by atoms with Crippen LogP contribution in [0.1, 0.15) is 46.0 Å². The summed E-state index contributed by atoms with van der Waals surface area (Å²) in [5.74, 6) is 3.73. The first-order chi connectivity index (χ1) is 6.18. The van der Waals surface area contributed by atoms with Gasteiger partial charge in [-0.3, -0.25) is 0 Å². The van der Waals surface area contributed by atoms with Crippen molar-refractivity contribution in [3.63, 3.8) is 0 Å². The molecule has 2 aliphatic rings. The molecule has 0 amide bonds. The van der Waals surface area contributed by atoms with Crippen molar-refractivity contribution in [2.75, 3.05) is 0 Å². The normalized spacial score (nSPS) is 51.5. The largest absolute Gasteiger partial charge is 0.327 e. The van der Waals surface area contributed by atoms with Crippen molar-refractivity contribution in [1.29, 1.82) is 0 Å². The zero-order valence-corrected chi connectivity index (χ0v) is 9.00. The summed E-state index contributed by atoms with van der Waals surface area (Å²) in [5.41, 5.74) is 6.12. The monoisotopic (exact) mass is 181 g/mol. The maximum Gasteiger partial charge on any atom is 0.00673 e. The minimum atomic E-state index is 0.495.